The van der Waals surface area contributed by atoms with Crippen molar-refractivity contribution >= 4 is 30.5 Å². The Hall–Kier alpha value is -1.24. The first-order valence-electron chi connectivity index (χ1n) is 3.34. The highest BCUT2D eigenvalue weighted by Gasteiger charge is 1.98. The van der Waals surface area contributed by atoms with Crippen LogP contribution in [0.2, 0.25) is 0 Å². The minimum Gasteiger partial charge on any atom is -0.368 e. The summed E-state index contributed by atoms with van der Waals surface area (Å²) in [5.41, 5.74) is 10.7. The maximum atomic E-state index is 5.33. The maximum absolute atomic E-state index is 5.33. The van der Waals surface area contributed by atoms with Crippen molar-refractivity contribution in [3.05, 3.63) is 0 Å². The third-order valence-electron chi connectivity index (χ3n) is 1.06. The summed E-state index contributed by atoms with van der Waals surface area (Å²) in [6.07, 6.45) is 0. The first-order valence-corrected chi connectivity index (χ1v) is 3.97. The Labute approximate surface area is 75.2 Å². The molecule has 0 radical (unpaired) electrons. The fourth-order valence-electron chi connectivity index (χ4n) is 0.656. The summed E-state index contributed by atoms with van der Waals surface area (Å²) in [5, 5.41) is 2.88. The number of nitrogens with two attached hydrogens (primary N) is 2. The van der Waals surface area contributed by atoms with Crippen LogP contribution < -0.4 is 16.8 Å². The van der Waals surface area contributed by atoms with Crippen LogP contribution in [-0.4, -0.2) is 27.2 Å². The fourth-order valence-corrected chi connectivity index (χ4v) is 0.768. The largest absolute Gasteiger partial charge is 0.368 e. The van der Waals surface area contributed by atoms with E-state index in [4.69, 9.17) is 11.5 Å². The first-order chi connectivity index (χ1) is 5.72. The quantitative estimate of drug-likeness (QED) is 0.469. The summed E-state index contributed by atoms with van der Waals surface area (Å²) in [6, 6.07) is 0. The molecule has 0 spiro atoms. The van der Waals surface area contributed by atoms with Crippen LogP contribution in [0.15, 0.2) is 0 Å². The van der Waals surface area contributed by atoms with Gasteiger partial charge in [0.15, 0.2) is 0 Å². The third-order valence-corrected chi connectivity index (χ3v) is 1.29. The van der Waals surface area contributed by atoms with E-state index in [2.05, 4.69) is 32.9 Å². The van der Waals surface area contributed by atoms with Gasteiger partial charge in [0.05, 0.1) is 0 Å². The number of nitrogen functional groups attached to an aromatic ring is 2. The molecule has 7 heteroatoms. The zero-order valence-corrected chi connectivity index (χ0v) is 7.25. The van der Waals surface area contributed by atoms with Crippen molar-refractivity contribution < 1.29 is 0 Å². The lowest BCUT2D eigenvalue weighted by Gasteiger charge is -2.02. The Balaban J connectivity index is 2.72. The normalized spacial score (nSPS) is 9.75. The van der Waals surface area contributed by atoms with Gasteiger partial charge in [-0.3, -0.25) is 0 Å². The van der Waals surface area contributed by atoms with Crippen molar-refractivity contribution in [3.63, 3.8) is 0 Å². The molecular weight excluding hydrogens is 176 g/mol. The van der Waals surface area contributed by atoms with Gasteiger partial charge in [0.25, 0.3) is 0 Å². The molecule has 1 rings (SSSR count). The SMILES string of the molecule is Nc1nc(N)nc(NCCS)n1. The average molecular weight is 186 g/mol. The molecule has 0 aliphatic heterocycles. The van der Waals surface area contributed by atoms with Crippen molar-refractivity contribution in [2.45, 2.75) is 0 Å². The number of hydrogen-bond donors (Lipinski definition) is 4. The highest BCUT2D eigenvalue weighted by molar-refractivity contribution is 7.80. The van der Waals surface area contributed by atoms with Gasteiger partial charge in [-0.15, -0.1) is 0 Å². The summed E-state index contributed by atoms with van der Waals surface area (Å²) in [4.78, 5) is 11.2. The molecule has 0 saturated heterocycles. The van der Waals surface area contributed by atoms with Gasteiger partial charge in [0.1, 0.15) is 0 Å². The minimum absolute atomic E-state index is 0.115. The number of rotatable bonds is 3. The van der Waals surface area contributed by atoms with Crippen LogP contribution in [-0.2, 0) is 0 Å². The maximum Gasteiger partial charge on any atom is 0.229 e. The average Bonchev–Trinajstić information content (AvgIpc) is 1.99. The Bertz CT molecular complexity index is 244. The second kappa shape index (κ2) is 3.96. The van der Waals surface area contributed by atoms with E-state index >= 15 is 0 Å². The second-order valence-electron chi connectivity index (χ2n) is 2.03. The van der Waals surface area contributed by atoms with Gasteiger partial charge < -0.3 is 16.8 Å². The van der Waals surface area contributed by atoms with Gasteiger partial charge in [-0.25, -0.2) is 0 Å². The monoisotopic (exact) mass is 186 g/mol. The third kappa shape index (κ3) is 2.42. The first kappa shape index (κ1) is 8.85. The number of aromatic nitrogens is 3. The van der Waals surface area contributed by atoms with Crippen LogP contribution in [0.4, 0.5) is 17.8 Å². The molecule has 1 aromatic heterocycles. The molecule has 1 heterocycles. The second-order valence-corrected chi connectivity index (χ2v) is 2.47. The van der Waals surface area contributed by atoms with Gasteiger partial charge in [-0.05, 0) is 0 Å². The van der Waals surface area contributed by atoms with E-state index in [0.717, 1.165) is 0 Å². The van der Waals surface area contributed by atoms with E-state index in [0.29, 0.717) is 18.2 Å². The summed E-state index contributed by atoms with van der Waals surface area (Å²) < 4.78 is 0. The lowest BCUT2D eigenvalue weighted by Crippen LogP contribution is -2.10. The number of thiol groups is 1. The molecule has 0 atom stereocenters. The van der Waals surface area contributed by atoms with Crippen LogP contribution in [0.25, 0.3) is 0 Å². The molecular formula is C5H10N6S. The van der Waals surface area contributed by atoms with E-state index in [9.17, 15) is 0 Å². The van der Waals surface area contributed by atoms with E-state index in [1.165, 1.54) is 0 Å². The Kier molecular flexibility index (Phi) is 2.92. The van der Waals surface area contributed by atoms with Gasteiger partial charge in [0.2, 0.25) is 17.8 Å². The smallest absolute Gasteiger partial charge is 0.229 e. The van der Waals surface area contributed by atoms with E-state index in [-0.39, 0.29) is 11.9 Å². The summed E-state index contributed by atoms with van der Waals surface area (Å²) >= 11 is 4.01. The summed E-state index contributed by atoms with van der Waals surface area (Å²) in [5.74, 6) is 1.30. The molecule has 66 valence electrons. The van der Waals surface area contributed by atoms with Crippen LogP contribution in [0.3, 0.4) is 0 Å². The topological polar surface area (TPSA) is 103 Å². The van der Waals surface area contributed by atoms with Crippen LogP contribution in [0.5, 0.6) is 0 Å². The Morgan fingerprint density at radius 1 is 1.17 bits per heavy atom. The highest BCUT2D eigenvalue weighted by Crippen LogP contribution is 2.02. The standard InChI is InChI=1S/C5H10N6S/c6-3-9-4(7)11-5(10-3)8-1-2-12/h12H,1-2H2,(H5,6,7,8,9,10,11). The van der Waals surface area contributed by atoms with Crippen molar-refractivity contribution in [2.75, 3.05) is 29.1 Å². The molecule has 0 aliphatic carbocycles. The molecule has 0 bridgehead atoms. The zero-order chi connectivity index (χ0) is 8.97. The lowest BCUT2D eigenvalue weighted by atomic mass is 10.7. The van der Waals surface area contributed by atoms with Crippen molar-refractivity contribution in [2.24, 2.45) is 0 Å². The number of nitrogens with one attached hydrogen (secondary N) is 1. The molecule has 0 aromatic carbocycles. The van der Waals surface area contributed by atoms with Gasteiger partial charge in [0, 0.05) is 12.3 Å². The summed E-state index contributed by atoms with van der Waals surface area (Å²) in [7, 11) is 0. The van der Waals surface area contributed by atoms with Crippen molar-refractivity contribution in [1.29, 1.82) is 0 Å². The Morgan fingerprint density at radius 2 is 1.75 bits per heavy atom. The van der Waals surface area contributed by atoms with Crippen LogP contribution in [0.1, 0.15) is 0 Å². The molecule has 0 amide bonds. The van der Waals surface area contributed by atoms with Gasteiger partial charge >= 0.3 is 0 Å². The number of hydrogen-bond acceptors (Lipinski definition) is 7. The van der Waals surface area contributed by atoms with Crippen molar-refractivity contribution in [1.82, 2.24) is 15.0 Å². The zero-order valence-electron chi connectivity index (χ0n) is 6.36. The van der Waals surface area contributed by atoms with Crippen molar-refractivity contribution in [3.8, 4) is 0 Å². The molecule has 0 fully saturated rings. The number of anilines is 3. The van der Waals surface area contributed by atoms with Gasteiger partial charge in [-0.2, -0.15) is 27.6 Å². The van der Waals surface area contributed by atoms with E-state index < -0.39 is 0 Å². The lowest BCUT2D eigenvalue weighted by molar-refractivity contribution is 1.04. The molecule has 12 heavy (non-hydrogen) atoms. The van der Waals surface area contributed by atoms with E-state index in [1.54, 1.807) is 0 Å². The Morgan fingerprint density at radius 3 is 2.25 bits per heavy atom. The molecule has 0 saturated carbocycles. The number of nitrogens with zero attached hydrogens (tertiary/aromatic N) is 3. The molecule has 1 aromatic rings. The molecule has 0 aliphatic rings. The van der Waals surface area contributed by atoms with E-state index in [1.807, 2.05) is 0 Å². The molecule has 0 unspecified atom stereocenters. The predicted octanol–water partition coefficient (Wildman–Crippen LogP) is -0.622. The van der Waals surface area contributed by atoms with Crippen LogP contribution in [0, 0.1) is 0 Å². The minimum atomic E-state index is 0.115. The fraction of sp³-hybridized carbons (Fsp3) is 0.400. The van der Waals surface area contributed by atoms with Gasteiger partial charge in [-0.1, -0.05) is 0 Å². The molecule has 5 N–H and O–H groups in total. The summed E-state index contributed by atoms with van der Waals surface area (Å²) in [6.45, 7) is 0.659. The van der Waals surface area contributed by atoms with Crippen LogP contribution >= 0.6 is 12.6 Å². The highest BCUT2D eigenvalue weighted by atomic mass is 32.1. The predicted molar refractivity (Wildman–Crippen MR) is 51.0 cm³/mol. The molecule has 6 nitrogen and oxygen atoms in total.